The third kappa shape index (κ3) is 3.72. The van der Waals surface area contributed by atoms with E-state index in [2.05, 4.69) is 17.2 Å². The van der Waals surface area contributed by atoms with Crippen LogP contribution in [0, 0.1) is 6.92 Å². The Hall–Kier alpha value is -1.30. The van der Waals surface area contributed by atoms with Gasteiger partial charge in [0.25, 0.3) is 0 Å². The van der Waals surface area contributed by atoms with Crippen molar-refractivity contribution >= 4 is 17.8 Å². The topological polar surface area (TPSA) is 58.1 Å². The molecule has 1 fully saturated rings. The van der Waals surface area contributed by atoms with Crippen molar-refractivity contribution in [2.45, 2.75) is 39.0 Å². The second-order valence-electron chi connectivity index (χ2n) is 5.94. The van der Waals surface area contributed by atoms with Crippen LogP contribution in [0.25, 0.3) is 0 Å². The lowest BCUT2D eigenvalue weighted by Gasteiger charge is -2.26. The lowest BCUT2D eigenvalue weighted by atomic mass is 9.95. The molecular weight excluding hydrogens is 296 g/mol. The molecule has 3 rings (SSSR count). The Morgan fingerprint density at radius 3 is 2.82 bits per heavy atom. The lowest BCUT2D eigenvalue weighted by molar-refractivity contribution is 0.203. The maximum atomic E-state index is 12.1. The second kappa shape index (κ2) is 7.31. The fourth-order valence-electron chi connectivity index (χ4n) is 3.12. The highest BCUT2D eigenvalue weighted by molar-refractivity contribution is 7.99. The van der Waals surface area contributed by atoms with E-state index in [1.54, 1.807) is 0 Å². The van der Waals surface area contributed by atoms with E-state index in [1.165, 1.54) is 24.1 Å². The number of carbonyl (C=O) groups excluding carboxylic acids is 1. The monoisotopic (exact) mass is 320 g/mol. The molecule has 120 valence electrons. The van der Waals surface area contributed by atoms with Crippen molar-refractivity contribution < 1.29 is 4.79 Å². The molecule has 0 spiro atoms. The van der Waals surface area contributed by atoms with Crippen LogP contribution < -0.4 is 5.32 Å². The Kier molecular flexibility index (Phi) is 5.18. The number of urea groups is 1. The van der Waals surface area contributed by atoms with Crippen LogP contribution >= 0.6 is 11.8 Å². The molecule has 0 saturated carbocycles. The van der Waals surface area contributed by atoms with Crippen LogP contribution in [0.4, 0.5) is 4.79 Å². The predicted molar refractivity (Wildman–Crippen MR) is 89.4 cm³/mol. The zero-order valence-electron chi connectivity index (χ0n) is 13.2. The first-order chi connectivity index (χ1) is 10.7. The third-order valence-electron chi connectivity index (χ3n) is 4.36. The van der Waals surface area contributed by atoms with Gasteiger partial charge in [0, 0.05) is 48.9 Å². The van der Waals surface area contributed by atoms with Gasteiger partial charge < -0.3 is 10.2 Å². The normalized spacial score (nSPS) is 18.0. The van der Waals surface area contributed by atoms with Gasteiger partial charge in [-0.25, -0.2) is 14.8 Å². The minimum atomic E-state index is 0.0509. The van der Waals surface area contributed by atoms with Crippen LogP contribution in [0.3, 0.4) is 0 Å². The zero-order chi connectivity index (χ0) is 15.4. The Bertz CT molecular complexity index is 543. The molecule has 2 aliphatic rings. The summed E-state index contributed by atoms with van der Waals surface area (Å²) in [5.41, 5.74) is 3.71. The van der Waals surface area contributed by atoms with E-state index in [4.69, 9.17) is 4.98 Å². The minimum Gasteiger partial charge on any atom is -0.338 e. The Morgan fingerprint density at radius 1 is 1.23 bits per heavy atom. The van der Waals surface area contributed by atoms with E-state index >= 15 is 0 Å². The van der Waals surface area contributed by atoms with Crippen LogP contribution in [0.15, 0.2) is 0 Å². The first-order valence-corrected chi connectivity index (χ1v) is 9.35. The van der Waals surface area contributed by atoms with E-state index in [0.717, 1.165) is 49.0 Å². The number of aryl methyl sites for hydroxylation is 2. The SMILES string of the molecule is Cc1nc(CCNC(=O)N2CCSCC2)nc2c1CCCC2. The number of carbonyl (C=O) groups is 1. The summed E-state index contributed by atoms with van der Waals surface area (Å²) in [6.45, 7) is 4.40. The Labute approximate surface area is 136 Å². The highest BCUT2D eigenvalue weighted by atomic mass is 32.2. The summed E-state index contributed by atoms with van der Waals surface area (Å²) in [5, 5.41) is 3.00. The summed E-state index contributed by atoms with van der Waals surface area (Å²) >= 11 is 1.91. The van der Waals surface area contributed by atoms with Crippen LogP contribution in [-0.2, 0) is 19.3 Å². The van der Waals surface area contributed by atoms with Gasteiger partial charge in [-0.3, -0.25) is 0 Å². The van der Waals surface area contributed by atoms with Gasteiger partial charge in [0.1, 0.15) is 5.82 Å². The second-order valence-corrected chi connectivity index (χ2v) is 7.16. The van der Waals surface area contributed by atoms with Crippen molar-refractivity contribution in [2.75, 3.05) is 31.1 Å². The number of nitrogens with zero attached hydrogens (tertiary/aromatic N) is 3. The highest BCUT2D eigenvalue weighted by Crippen LogP contribution is 2.21. The molecule has 2 heterocycles. The molecule has 2 amide bonds. The minimum absolute atomic E-state index is 0.0509. The average Bonchev–Trinajstić information content (AvgIpc) is 2.56. The Balaban J connectivity index is 1.53. The smallest absolute Gasteiger partial charge is 0.317 e. The molecule has 0 atom stereocenters. The first kappa shape index (κ1) is 15.6. The predicted octanol–water partition coefficient (Wildman–Crippen LogP) is 1.96. The van der Waals surface area contributed by atoms with Gasteiger partial charge in [0.15, 0.2) is 0 Å². The number of thioether (sulfide) groups is 1. The molecule has 1 aromatic heterocycles. The summed E-state index contributed by atoms with van der Waals surface area (Å²) in [6.07, 6.45) is 5.38. The largest absolute Gasteiger partial charge is 0.338 e. The van der Waals surface area contributed by atoms with E-state index < -0.39 is 0 Å². The average molecular weight is 320 g/mol. The molecule has 1 N–H and O–H groups in total. The van der Waals surface area contributed by atoms with Gasteiger partial charge in [-0.1, -0.05) is 0 Å². The van der Waals surface area contributed by atoms with Crippen molar-refractivity contribution in [3.8, 4) is 0 Å². The molecule has 1 aliphatic carbocycles. The summed E-state index contributed by atoms with van der Waals surface area (Å²) in [6, 6.07) is 0.0509. The van der Waals surface area contributed by atoms with Gasteiger partial charge in [-0.15, -0.1) is 0 Å². The summed E-state index contributed by atoms with van der Waals surface area (Å²) in [5.74, 6) is 2.95. The number of hydrogen-bond donors (Lipinski definition) is 1. The highest BCUT2D eigenvalue weighted by Gasteiger charge is 2.17. The molecule has 1 aliphatic heterocycles. The van der Waals surface area contributed by atoms with Crippen molar-refractivity contribution in [1.82, 2.24) is 20.2 Å². The standard InChI is InChI=1S/C16H24N4OS/c1-12-13-4-2-3-5-14(13)19-15(18-12)6-7-17-16(21)20-8-10-22-11-9-20/h2-11H2,1H3,(H,17,21). The fourth-order valence-corrected chi connectivity index (χ4v) is 4.02. The van der Waals surface area contributed by atoms with Crippen molar-refractivity contribution in [2.24, 2.45) is 0 Å². The van der Waals surface area contributed by atoms with Gasteiger partial charge in [0.05, 0.1) is 0 Å². The molecule has 22 heavy (non-hydrogen) atoms. The van der Waals surface area contributed by atoms with E-state index in [9.17, 15) is 4.79 Å². The van der Waals surface area contributed by atoms with Gasteiger partial charge in [-0.05, 0) is 38.2 Å². The Morgan fingerprint density at radius 2 is 2.00 bits per heavy atom. The van der Waals surface area contributed by atoms with E-state index in [0.29, 0.717) is 13.0 Å². The van der Waals surface area contributed by atoms with Gasteiger partial charge in [0.2, 0.25) is 0 Å². The summed E-state index contributed by atoms with van der Waals surface area (Å²) < 4.78 is 0. The lowest BCUT2D eigenvalue weighted by Crippen LogP contribution is -2.44. The molecule has 1 saturated heterocycles. The van der Waals surface area contributed by atoms with E-state index in [1.807, 2.05) is 16.7 Å². The van der Waals surface area contributed by atoms with Crippen molar-refractivity contribution in [1.29, 1.82) is 0 Å². The number of rotatable bonds is 3. The van der Waals surface area contributed by atoms with E-state index in [-0.39, 0.29) is 6.03 Å². The fraction of sp³-hybridized carbons (Fsp3) is 0.688. The number of amides is 2. The summed E-state index contributed by atoms with van der Waals surface area (Å²) in [4.78, 5) is 23.3. The molecule has 0 radical (unpaired) electrons. The zero-order valence-corrected chi connectivity index (χ0v) is 14.0. The molecule has 5 nitrogen and oxygen atoms in total. The van der Waals surface area contributed by atoms with Crippen LogP contribution in [0.1, 0.15) is 35.6 Å². The number of fused-ring (bicyclic) bond motifs is 1. The molecule has 0 bridgehead atoms. The molecular formula is C16H24N4OS. The van der Waals surface area contributed by atoms with Crippen LogP contribution in [0.5, 0.6) is 0 Å². The molecule has 0 aromatic carbocycles. The van der Waals surface area contributed by atoms with Crippen LogP contribution in [0.2, 0.25) is 0 Å². The van der Waals surface area contributed by atoms with Crippen molar-refractivity contribution in [3.63, 3.8) is 0 Å². The number of nitrogens with one attached hydrogen (secondary N) is 1. The quantitative estimate of drug-likeness (QED) is 0.925. The van der Waals surface area contributed by atoms with Crippen molar-refractivity contribution in [3.05, 3.63) is 22.8 Å². The van der Waals surface area contributed by atoms with Crippen LogP contribution in [-0.4, -0.2) is 52.0 Å². The summed E-state index contributed by atoms with van der Waals surface area (Å²) in [7, 11) is 0. The molecule has 6 heteroatoms. The number of hydrogen-bond acceptors (Lipinski definition) is 4. The van der Waals surface area contributed by atoms with Gasteiger partial charge in [-0.2, -0.15) is 11.8 Å². The third-order valence-corrected chi connectivity index (χ3v) is 5.30. The molecule has 0 unspecified atom stereocenters. The van der Waals surface area contributed by atoms with Gasteiger partial charge >= 0.3 is 6.03 Å². The maximum absolute atomic E-state index is 12.1. The number of aromatic nitrogens is 2. The molecule has 1 aromatic rings. The first-order valence-electron chi connectivity index (χ1n) is 8.20. The maximum Gasteiger partial charge on any atom is 0.317 e.